The van der Waals surface area contributed by atoms with Gasteiger partial charge in [0, 0.05) is 10.9 Å². The fourth-order valence-corrected chi connectivity index (χ4v) is 1.81. The first-order chi connectivity index (χ1) is 6.18. The Kier molecular flexibility index (Phi) is 2.00. The molecule has 0 unspecified atom stereocenters. The van der Waals surface area contributed by atoms with Crippen molar-refractivity contribution in [2.75, 3.05) is 0 Å². The van der Waals surface area contributed by atoms with Gasteiger partial charge in [0.15, 0.2) is 0 Å². The number of carbonyl (C=O) groups excluding carboxylic acids is 1. The van der Waals surface area contributed by atoms with Crippen LogP contribution in [0, 0.1) is 5.92 Å². The summed E-state index contributed by atoms with van der Waals surface area (Å²) in [7, 11) is 0. The molecule has 2 rings (SSSR count). The van der Waals surface area contributed by atoms with Crippen molar-refractivity contribution in [3.05, 3.63) is 34.9 Å². The Morgan fingerprint density at radius 3 is 2.85 bits per heavy atom. The highest BCUT2D eigenvalue weighted by Gasteiger charge is 2.42. The van der Waals surface area contributed by atoms with Crippen LogP contribution in [0.3, 0.4) is 0 Å². The van der Waals surface area contributed by atoms with Gasteiger partial charge < -0.3 is 5.73 Å². The minimum absolute atomic E-state index is 0.0264. The first-order valence-corrected chi connectivity index (χ1v) is 4.61. The molecule has 1 aliphatic carbocycles. The molecule has 2 atom stereocenters. The highest BCUT2D eigenvalue weighted by Crippen LogP contribution is 2.47. The second-order valence-corrected chi connectivity index (χ2v) is 3.84. The maximum Gasteiger partial charge on any atom is 0.221 e. The van der Waals surface area contributed by atoms with E-state index in [0.717, 1.165) is 12.0 Å². The fraction of sp³-hybridized carbons (Fsp3) is 0.300. The Morgan fingerprint density at radius 2 is 2.31 bits per heavy atom. The van der Waals surface area contributed by atoms with Gasteiger partial charge in [-0.25, -0.2) is 0 Å². The predicted octanol–water partition coefficient (Wildman–Crippen LogP) is 1.93. The van der Waals surface area contributed by atoms with E-state index in [1.807, 2.05) is 24.3 Å². The molecule has 0 bridgehead atoms. The molecule has 0 aromatic heterocycles. The summed E-state index contributed by atoms with van der Waals surface area (Å²) in [6, 6.07) is 7.61. The molecular weight excluding hydrogens is 186 g/mol. The Bertz CT molecular complexity index is 351. The number of benzene rings is 1. The van der Waals surface area contributed by atoms with Crippen LogP contribution in [0.15, 0.2) is 24.3 Å². The summed E-state index contributed by atoms with van der Waals surface area (Å²) in [6.45, 7) is 0. The molecule has 0 aliphatic heterocycles. The lowest BCUT2D eigenvalue weighted by atomic mass is 10.1. The molecule has 1 aromatic rings. The van der Waals surface area contributed by atoms with Gasteiger partial charge in [0.2, 0.25) is 5.91 Å². The van der Waals surface area contributed by atoms with E-state index in [9.17, 15) is 4.79 Å². The summed E-state index contributed by atoms with van der Waals surface area (Å²) in [5.74, 6) is 0.125. The lowest BCUT2D eigenvalue weighted by Gasteiger charge is -1.98. The first kappa shape index (κ1) is 8.57. The quantitative estimate of drug-likeness (QED) is 0.770. The average Bonchev–Trinajstić information content (AvgIpc) is 2.82. The van der Waals surface area contributed by atoms with Crippen molar-refractivity contribution < 1.29 is 4.79 Å². The Morgan fingerprint density at radius 1 is 1.54 bits per heavy atom. The number of rotatable bonds is 2. The van der Waals surface area contributed by atoms with Crippen LogP contribution < -0.4 is 5.73 Å². The summed E-state index contributed by atoms with van der Waals surface area (Å²) < 4.78 is 0. The molecule has 2 nitrogen and oxygen atoms in total. The second kappa shape index (κ2) is 3.04. The number of hydrogen-bond donors (Lipinski definition) is 1. The smallest absolute Gasteiger partial charge is 0.221 e. The molecule has 1 amide bonds. The topological polar surface area (TPSA) is 43.1 Å². The summed E-state index contributed by atoms with van der Waals surface area (Å²) >= 11 is 5.83. The van der Waals surface area contributed by atoms with E-state index >= 15 is 0 Å². The van der Waals surface area contributed by atoms with Crippen LogP contribution in [0.4, 0.5) is 0 Å². The van der Waals surface area contributed by atoms with E-state index in [2.05, 4.69) is 0 Å². The molecule has 68 valence electrons. The van der Waals surface area contributed by atoms with Crippen molar-refractivity contribution in [2.45, 2.75) is 12.3 Å². The standard InChI is InChI=1S/C10H10ClNO/c11-7-3-1-2-6(4-7)8-5-9(8)10(12)13/h1-4,8-9H,5H2,(H2,12,13)/t8-,9+/m0/s1. The van der Waals surface area contributed by atoms with E-state index in [1.54, 1.807) is 0 Å². The van der Waals surface area contributed by atoms with E-state index in [4.69, 9.17) is 17.3 Å². The van der Waals surface area contributed by atoms with Crippen molar-refractivity contribution in [1.82, 2.24) is 0 Å². The van der Waals surface area contributed by atoms with Gasteiger partial charge in [0.1, 0.15) is 0 Å². The number of halogens is 1. The number of hydrogen-bond acceptors (Lipinski definition) is 1. The van der Waals surface area contributed by atoms with Crippen LogP contribution in [0.2, 0.25) is 5.02 Å². The van der Waals surface area contributed by atoms with Crippen molar-refractivity contribution >= 4 is 17.5 Å². The maximum atomic E-state index is 10.8. The molecule has 0 spiro atoms. The third-order valence-electron chi connectivity index (χ3n) is 2.43. The maximum absolute atomic E-state index is 10.8. The van der Waals surface area contributed by atoms with Gasteiger partial charge in [-0.2, -0.15) is 0 Å². The predicted molar refractivity (Wildman–Crippen MR) is 51.5 cm³/mol. The number of primary amides is 1. The second-order valence-electron chi connectivity index (χ2n) is 3.41. The first-order valence-electron chi connectivity index (χ1n) is 4.23. The number of amides is 1. The largest absolute Gasteiger partial charge is 0.369 e. The fourth-order valence-electron chi connectivity index (χ4n) is 1.62. The van der Waals surface area contributed by atoms with Crippen LogP contribution in [-0.4, -0.2) is 5.91 Å². The van der Waals surface area contributed by atoms with Crippen molar-refractivity contribution in [3.63, 3.8) is 0 Å². The molecule has 13 heavy (non-hydrogen) atoms. The summed E-state index contributed by atoms with van der Waals surface area (Å²) in [5, 5.41) is 0.715. The molecule has 0 radical (unpaired) electrons. The van der Waals surface area contributed by atoms with Gasteiger partial charge in [-0.3, -0.25) is 4.79 Å². The number of carbonyl (C=O) groups is 1. The van der Waals surface area contributed by atoms with Gasteiger partial charge >= 0.3 is 0 Å². The summed E-state index contributed by atoms with van der Waals surface area (Å²) in [5.41, 5.74) is 6.31. The van der Waals surface area contributed by atoms with Gasteiger partial charge in [-0.15, -0.1) is 0 Å². The Labute approximate surface area is 81.7 Å². The third-order valence-corrected chi connectivity index (χ3v) is 2.67. The van der Waals surface area contributed by atoms with Gasteiger partial charge in [-0.1, -0.05) is 23.7 Å². The summed E-state index contributed by atoms with van der Waals surface area (Å²) in [6.07, 6.45) is 0.871. The third kappa shape index (κ3) is 1.68. The van der Waals surface area contributed by atoms with Crippen molar-refractivity contribution in [2.24, 2.45) is 11.7 Å². The minimum atomic E-state index is -0.204. The lowest BCUT2D eigenvalue weighted by molar-refractivity contribution is -0.119. The van der Waals surface area contributed by atoms with E-state index in [0.29, 0.717) is 10.9 Å². The molecule has 1 saturated carbocycles. The zero-order valence-electron chi connectivity index (χ0n) is 7.03. The average molecular weight is 196 g/mol. The zero-order valence-corrected chi connectivity index (χ0v) is 7.79. The monoisotopic (exact) mass is 195 g/mol. The van der Waals surface area contributed by atoms with Gasteiger partial charge in [0.05, 0.1) is 0 Å². The van der Waals surface area contributed by atoms with Crippen LogP contribution >= 0.6 is 11.6 Å². The van der Waals surface area contributed by atoms with Crippen LogP contribution in [0.5, 0.6) is 0 Å². The molecule has 2 N–H and O–H groups in total. The SMILES string of the molecule is NC(=O)[C@@H]1C[C@H]1c1cccc(Cl)c1. The minimum Gasteiger partial charge on any atom is -0.369 e. The van der Waals surface area contributed by atoms with Crippen LogP contribution in [0.1, 0.15) is 17.9 Å². The molecular formula is C10H10ClNO. The molecule has 1 aromatic carbocycles. The molecule has 1 fully saturated rings. The Balaban J connectivity index is 2.16. The molecule has 0 heterocycles. The highest BCUT2D eigenvalue weighted by atomic mass is 35.5. The van der Waals surface area contributed by atoms with Gasteiger partial charge in [0.25, 0.3) is 0 Å². The van der Waals surface area contributed by atoms with E-state index < -0.39 is 0 Å². The summed E-state index contributed by atoms with van der Waals surface area (Å²) in [4.78, 5) is 10.8. The molecule has 0 saturated heterocycles. The van der Waals surface area contributed by atoms with Crippen LogP contribution in [0.25, 0.3) is 0 Å². The molecule has 1 aliphatic rings. The lowest BCUT2D eigenvalue weighted by Crippen LogP contribution is -2.13. The van der Waals surface area contributed by atoms with E-state index in [-0.39, 0.29) is 11.8 Å². The highest BCUT2D eigenvalue weighted by molar-refractivity contribution is 6.30. The van der Waals surface area contributed by atoms with Crippen LogP contribution in [-0.2, 0) is 4.79 Å². The molecule has 3 heteroatoms. The zero-order chi connectivity index (χ0) is 9.42. The van der Waals surface area contributed by atoms with E-state index in [1.165, 1.54) is 0 Å². The normalized spacial score (nSPS) is 25.6. The van der Waals surface area contributed by atoms with Crippen molar-refractivity contribution in [3.8, 4) is 0 Å². The number of nitrogens with two attached hydrogens (primary N) is 1. The Hall–Kier alpha value is -1.02. The van der Waals surface area contributed by atoms with Gasteiger partial charge in [-0.05, 0) is 30.0 Å². The van der Waals surface area contributed by atoms with Crippen molar-refractivity contribution in [1.29, 1.82) is 0 Å².